The topological polar surface area (TPSA) is 93.1 Å². The molecule has 7 heteroatoms. The number of amides is 1. The van der Waals surface area contributed by atoms with Crippen molar-refractivity contribution in [2.45, 2.75) is 32.9 Å². The maximum atomic E-state index is 11.9. The highest BCUT2D eigenvalue weighted by Crippen LogP contribution is 2.36. The van der Waals surface area contributed by atoms with Crippen LogP contribution in [0.1, 0.15) is 26.7 Å². The lowest BCUT2D eigenvalue weighted by atomic mass is 9.86. The Bertz CT molecular complexity index is 481. The van der Waals surface area contributed by atoms with Crippen LogP contribution in [0.25, 0.3) is 0 Å². The van der Waals surface area contributed by atoms with Gasteiger partial charge in [-0.3, -0.25) is 14.5 Å². The molecule has 0 aromatic rings. The van der Waals surface area contributed by atoms with Crippen molar-refractivity contribution in [1.29, 1.82) is 0 Å². The van der Waals surface area contributed by atoms with Crippen molar-refractivity contribution in [3.05, 3.63) is 11.8 Å². The van der Waals surface area contributed by atoms with Crippen LogP contribution in [0.3, 0.4) is 0 Å². The van der Waals surface area contributed by atoms with E-state index >= 15 is 0 Å². The summed E-state index contributed by atoms with van der Waals surface area (Å²) < 4.78 is 10.1. The molecule has 0 aromatic carbocycles. The Balaban J connectivity index is 2.00. The number of hydrogen-bond acceptors (Lipinski definition) is 5. The third-order valence-electron chi connectivity index (χ3n) is 3.33. The van der Waals surface area contributed by atoms with Crippen molar-refractivity contribution in [2.24, 2.45) is 5.41 Å². The normalized spacial score (nSPS) is 21.7. The van der Waals surface area contributed by atoms with Gasteiger partial charge in [-0.05, 0) is 19.9 Å². The Labute approximate surface area is 116 Å². The first-order chi connectivity index (χ1) is 9.31. The number of carboxylic acid groups (broad SMARTS) is 1. The summed E-state index contributed by atoms with van der Waals surface area (Å²) in [6, 6.07) is 0. The van der Waals surface area contributed by atoms with E-state index in [1.54, 1.807) is 19.9 Å². The van der Waals surface area contributed by atoms with E-state index in [1.165, 1.54) is 4.90 Å². The molecule has 0 saturated carbocycles. The van der Waals surface area contributed by atoms with Gasteiger partial charge in [0.05, 0.1) is 18.4 Å². The maximum Gasteiger partial charge on any atom is 0.341 e. The number of hydrogen-bond donors (Lipinski definition) is 1. The standard InChI is InChI=1S/C13H17NO6/c1-13(2,12(18)20-7-11(16)17)6-8-3-4-19-10-5-9(15)14(8)10/h3,10H,4-7H2,1-2H3,(H,16,17). The lowest BCUT2D eigenvalue weighted by Crippen LogP contribution is -2.55. The molecule has 0 radical (unpaired) electrons. The number of carbonyl (C=O) groups is 3. The van der Waals surface area contributed by atoms with Crippen LogP contribution >= 0.6 is 0 Å². The summed E-state index contributed by atoms with van der Waals surface area (Å²) in [5.41, 5.74) is -0.172. The number of fused-ring (bicyclic) bond motifs is 1. The summed E-state index contributed by atoms with van der Waals surface area (Å²) in [6.07, 6.45) is 2.20. The van der Waals surface area contributed by atoms with E-state index in [0.29, 0.717) is 19.4 Å². The number of esters is 1. The molecule has 0 aromatic heterocycles. The number of rotatable bonds is 5. The first kappa shape index (κ1) is 14.5. The molecular weight excluding hydrogens is 266 g/mol. The SMILES string of the molecule is CC(C)(CC1=CCOC2CC(=O)N12)C(=O)OCC(=O)O. The first-order valence-corrected chi connectivity index (χ1v) is 6.33. The molecule has 1 fully saturated rings. The Morgan fingerprint density at radius 2 is 2.25 bits per heavy atom. The van der Waals surface area contributed by atoms with E-state index < -0.39 is 24.0 Å². The number of carbonyl (C=O) groups excluding carboxylic acids is 2. The van der Waals surface area contributed by atoms with Crippen LogP contribution in [0.4, 0.5) is 0 Å². The van der Waals surface area contributed by atoms with Gasteiger partial charge in [0.1, 0.15) is 6.23 Å². The minimum atomic E-state index is -1.20. The lowest BCUT2D eigenvalue weighted by molar-refractivity contribution is -0.172. The predicted molar refractivity (Wildman–Crippen MR) is 66.3 cm³/mol. The molecule has 1 atom stereocenters. The molecule has 2 rings (SSSR count). The predicted octanol–water partition coefficient (Wildman–Crippen LogP) is 0.503. The van der Waals surface area contributed by atoms with Crippen LogP contribution in [0.5, 0.6) is 0 Å². The summed E-state index contributed by atoms with van der Waals surface area (Å²) in [6.45, 7) is 3.07. The van der Waals surface area contributed by atoms with Gasteiger partial charge < -0.3 is 14.6 Å². The highest BCUT2D eigenvalue weighted by molar-refractivity contribution is 5.85. The quantitative estimate of drug-likeness (QED) is 0.583. The monoisotopic (exact) mass is 283 g/mol. The number of nitrogens with zero attached hydrogens (tertiary/aromatic N) is 1. The molecule has 0 aliphatic carbocycles. The molecule has 7 nitrogen and oxygen atoms in total. The van der Waals surface area contributed by atoms with Crippen LogP contribution in [0.15, 0.2) is 11.8 Å². The van der Waals surface area contributed by atoms with Gasteiger partial charge in [-0.15, -0.1) is 0 Å². The van der Waals surface area contributed by atoms with Gasteiger partial charge in [-0.25, -0.2) is 4.79 Å². The zero-order valence-corrected chi connectivity index (χ0v) is 11.4. The summed E-state index contributed by atoms with van der Waals surface area (Å²) in [7, 11) is 0. The van der Waals surface area contributed by atoms with Gasteiger partial charge >= 0.3 is 11.9 Å². The fourth-order valence-electron chi connectivity index (χ4n) is 2.22. The minimum Gasteiger partial charge on any atom is -0.479 e. The van der Waals surface area contributed by atoms with E-state index in [2.05, 4.69) is 0 Å². The van der Waals surface area contributed by atoms with Crippen LogP contribution in [0, 0.1) is 5.41 Å². The van der Waals surface area contributed by atoms with Crippen LogP contribution in [-0.4, -0.2) is 47.3 Å². The molecule has 1 amide bonds. The highest BCUT2D eigenvalue weighted by atomic mass is 16.6. The van der Waals surface area contributed by atoms with Crippen molar-refractivity contribution in [2.75, 3.05) is 13.2 Å². The third kappa shape index (κ3) is 2.82. The molecular formula is C13H17NO6. The van der Waals surface area contributed by atoms with Gasteiger partial charge in [0.15, 0.2) is 6.61 Å². The van der Waals surface area contributed by atoms with E-state index in [0.717, 1.165) is 5.70 Å². The molecule has 0 spiro atoms. The van der Waals surface area contributed by atoms with Crippen LogP contribution in [0.2, 0.25) is 0 Å². The Morgan fingerprint density at radius 3 is 2.85 bits per heavy atom. The third-order valence-corrected chi connectivity index (χ3v) is 3.33. The molecule has 2 aliphatic rings. The first-order valence-electron chi connectivity index (χ1n) is 6.33. The molecule has 1 unspecified atom stereocenters. The second kappa shape index (κ2) is 5.24. The zero-order chi connectivity index (χ0) is 14.9. The summed E-state index contributed by atoms with van der Waals surface area (Å²) in [5.74, 6) is -1.83. The minimum absolute atomic E-state index is 0.0318. The fraction of sp³-hybridized carbons (Fsp3) is 0.615. The van der Waals surface area contributed by atoms with E-state index in [9.17, 15) is 14.4 Å². The van der Waals surface area contributed by atoms with E-state index in [1.807, 2.05) is 0 Å². The van der Waals surface area contributed by atoms with Crippen molar-refractivity contribution < 1.29 is 29.0 Å². The maximum absolute atomic E-state index is 11.9. The second-order valence-corrected chi connectivity index (χ2v) is 5.48. The molecule has 1 saturated heterocycles. The average Bonchev–Trinajstić information content (AvgIpc) is 2.33. The largest absolute Gasteiger partial charge is 0.479 e. The molecule has 110 valence electrons. The Hall–Kier alpha value is -1.89. The van der Waals surface area contributed by atoms with Gasteiger partial charge in [0.2, 0.25) is 5.91 Å². The van der Waals surface area contributed by atoms with E-state index in [-0.39, 0.29) is 12.1 Å². The van der Waals surface area contributed by atoms with Gasteiger partial charge in [0.25, 0.3) is 0 Å². The zero-order valence-electron chi connectivity index (χ0n) is 11.4. The molecule has 2 aliphatic heterocycles. The van der Waals surface area contributed by atoms with Gasteiger partial charge in [-0.2, -0.15) is 0 Å². The summed E-state index contributed by atoms with van der Waals surface area (Å²) in [5, 5.41) is 8.51. The van der Waals surface area contributed by atoms with E-state index in [4.69, 9.17) is 14.6 Å². The fourth-order valence-corrected chi connectivity index (χ4v) is 2.22. The number of aliphatic carboxylic acids is 1. The van der Waals surface area contributed by atoms with Crippen molar-refractivity contribution in [1.82, 2.24) is 4.90 Å². The van der Waals surface area contributed by atoms with Crippen LogP contribution < -0.4 is 0 Å². The van der Waals surface area contributed by atoms with Gasteiger partial charge in [-0.1, -0.05) is 0 Å². The smallest absolute Gasteiger partial charge is 0.341 e. The number of carboxylic acids is 1. The molecule has 0 bridgehead atoms. The lowest BCUT2D eigenvalue weighted by Gasteiger charge is -2.45. The molecule has 1 N–H and O–H groups in total. The Morgan fingerprint density at radius 1 is 1.55 bits per heavy atom. The number of ether oxygens (including phenoxy) is 2. The van der Waals surface area contributed by atoms with Crippen molar-refractivity contribution in [3.8, 4) is 0 Å². The Kier molecular flexibility index (Phi) is 3.80. The summed E-state index contributed by atoms with van der Waals surface area (Å²) in [4.78, 5) is 35.4. The average molecular weight is 283 g/mol. The van der Waals surface area contributed by atoms with Gasteiger partial charge in [0, 0.05) is 12.1 Å². The molecule has 20 heavy (non-hydrogen) atoms. The number of β-lactam (4-membered cyclic amide) rings is 1. The number of allylic oxidation sites excluding steroid dienone is 1. The van der Waals surface area contributed by atoms with Crippen molar-refractivity contribution in [3.63, 3.8) is 0 Å². The summed E-state index contributed by atoms with van der Waals surface area (Å²) >= 11 is 0. The van der Waals surface area contributed by atoms with Crippen molar-refractivity contribution >= 4 is 17.8 Å². The van der Waals surface area contributed by atoms with Crippen LogP contribution in [-0.2, 0) is 23.9 Å². The highest BCUT2D eigenvalue weighted by Gasteiger charge is 2.43. The molecule has 2 heterocycles. The second-order valence-electron chi connectivity index (χ2n) is 5.48.